The van der Waals surface area contributed by atoms with Crippen LogP contribution in [-0.2, 0) is 4.74 Å². The van der Waals surface area contributed by atoms with Gasteiger partial charge in [0.2, 0.25) is 0 Å². The molecule has 0 saturated carbocycles. The second-order valence-corrected chi connectivity index (χ2v) is 5.72. The van der Waals surface area contributed by atoms with Crippen molar-refractivity contribution in [1.82, 2.24) is 14.6 Å². The number of aromatic nitrogens is 3. The molecule has 21 heavy (non-hydrogen) atoms. The first-order valence-corrected chi connectivity index (χ1v) is 8.23. The normalized spacial score (nSPS) is 18.6. The maximum absolute atomic E-state index is 9.45. The fraction of sp³-hybridized carbons (Fsp3) is 0.500. The molecule has 1 aliphatic heterocycles. The van der Waals surface area contributed by atoms with Gasteiger partial charge < -0.3 is 10.1 Å². The Hall–Kier alpha value is -1.78. The van der Waals surface area contributed by atoms with Crippen LogP contribution in [0.3, 0.4) is 0 Å². The first-order valence-electron chi connectivity index (χ1n) is 7.01. The highest BCUT2D eigenvalue weighted by Gasteiger charge is 2.18. The average Bonchev–Trinajstić information content (AvgIpc) is 3.00. The van der Waals surface area contributed by atoms with E-state index in [2.05, 4.69) is 21.5 Å². The van der Waals surface area contributed by atoms with Crippen LogP contribution in [0.5, 0.6) is 0 Å². The van der Waals surface area contributed by atoms with Gasteiger partial charge >= 0.3 is 0 Å². The second kappa shape index (κ2) is 6.33. The summed E-state index contributed by atoms with van der Waals surface area (Å²) < 4.78 is 7.41. The van der Waals surface area contributed by atoms with E-state index < -0.39 is 0 Å². The number of anilines is 1. The smallest absolute Gasteiger partial charge is 0.158 e. The maximum atomic E-state index is 9.45. The van der Waals surface area contributed by atoms with Crippen molar-refractivity contribution in [3.8, 4) is 6.07 Å². The molecule has 7 heteroatoms. The summed E-state index contributed by atoms with van der Waals surface area (Å²) >= 11 is 1.47. The van der Waals surface area contributed by atoms with Gasteiger partial charge in [0, 0.05) is 19.2 Å². The molecule has 1 saturated heterocycles. The summed E-state index contributed by atoms with van der Waals surface area (Å²) in [5, 5.41) is 17.8. The van der Waals surface area contributed by atoms with E-state index >= 15 is 0 Å². The molecule has 3 rings (SSSR count). The molecule has 2 aromatic rings. The molecule has 0 radical (unpaired) electrons. The highest BCUT2D eigenvalue weighted by atomic mass is 32.2. The number of thioether (sulfide) groups is 1. The van der Waals surface area contributed by atoms with Crippen LogP contribution in [0.25, 0.3) is 5.65 Å². The van der Waals surface area contributed by atoms with Crippen LogP contribution in [0.2, 0.25) is 0 Å². The molecule has 2 aromatic heterocycles. The minimum Gasteiger partial charge on any atom is -0.376 e. The third-order valence-corrected chi connectivity index (χ3v) is 4.26. The molecular formula is C14H17N5OS. The first-order chi connectivity index (χ1) is 10.3. The van der Waals surface area contributed by atoms with Gasteiger partial charge in [-0.25, -0.2) is 4.98 Å². The third-order valence-electron chi connectivity index (χ3n) is 3.58. The van der Waals surface area contributed by atoms with Gasteiger partial charge in [0.05, 0.1) is 12.3 Å². The number of rotatable bonds is 4. The fourth-order valence-electron chi connectivity index (χ4n) is 2.51. The van der Waals surface area contributed by atoms with Crippen LogP contribution < -0.4 is 5.32 Å². The van der Waals surface area contributed by atoms with Crippen molar-refractivity contribution in [2.24, 2.45) is 0 Å². The molecule has 1 aliphatic rings. The zero-order valence-corrected chi connectivity index (χ0v) is 12.7. The molecular weight excluding hydrogens is 286 g/mol. The zero-order chi connectivity index (χ0) is 14.7. The predicted octanol–water partition coefficient (Wildman–Crippen LogP) is 2.30. The lowest BCUT2D eigenvalue weighted by Crippen LogP contribution is -2.28. The number of fused-ring (bicyclic) bond motifs is 1. The van der Waals surface area contributed by atoms with Gasteiger partial charge in [0.15, 0.2) is 11.5 Å². The fourth-order valence-corrected chi connectivity index (χ4v) is 3.04. The second-order valence-electron chi connectivity index (χ2n) is 4.93. The highest BCUT2D eigenvalue weighted by molar-refractivity contribution is 7.98. The minimum absolute atomic E-state index is 0.196. The van der Waals surface area contributed by atoms with Crippen molar-refractivity contribution in [2.45, 2.75) is 30.4 Å². The van der Waals surface area contributed by atoms with Crippen LogP contribution in [0.1, 0.15) is 24.8 Å². The molecule has 1 atom stereocenters. The van der Waals surface area contributed by atoms with Gasteiger partial charge in [-0.2, -0.15) is 14.9 Å². The van der Waals surface area contributed by atoms with E-state index in [0.717, 1.165) is 30.1 Å². The molecule has 0 aromatic carbocycles. The molecule has 1 N–H and O–H groups in total. The summed E-state index contributed by atoms with van der Waals surface area (Å²) in [6.45, 7) is 1.50. The van der Waals surface area contributed by atoms with Gasteiger partial charge in [0.1, 0.15) is 16.7 Å². The quantitative estimate of drug-likeness (QED) is 0.690. The lowest BCUT2D eigenvalue weighted by molar-refractivity contribution is 0.0247. The Morgan fingerprint density at radius 2 is 2.48 bits per heavy atom. The average molecular weight is 303 g/mol. The van der Waals surface area contributed by atoms with Gasteiger partial charge in [-0.05, 0) is 25.5 Å². The van der Waals surface area contributed by atoms with Crippen LogP contribution in [-0.4, -0.2) is 40.1 Å². The number of nitrogens with zero attached hydrogens (tertiary/aromatic N) is 4. The SMILES string of the molecule is CSc1nc2ccnn2c(NCC2CCCCO2)c1C#N. The highest BCUT2D eigenvalue weighted by Crippen LogP contribution is 2.26. The van der Waals surface area contributed by atoms with E-state index in [9.17, 15) is 5.26 Å². The van der Waals surface area contributed by atoms with Gasteiger partial charge in [0.25, 0.3) is 0 Å². The Bertz CT molecular complexity index is 672. The third kappa shape index (κ3) is 2.82. The van der Waals surface area contributed by atoms with Crippen LogP contribution in [0.4, 0.5) is 5.82 Å². The van der Waals surface area contributed by atoms with Crippen LogP contribution >= 0.6 is 11.8 Å². The van der Waals surface area contributed by atoms with Gasteiger partial charge in [-0.1, -0.05) is 0 Å². The first kappa shape index (κ1) is 14.2. The molecule has 1 fully saturated rings. The number of hydrogen-bond acceptors (Lipinski definition) is 6. The van der Waals surface area contributed by atoms with E-state index in [4.69, 9.17) is 4.74 Å². The Morgan fingerprint density at radius 1 is 1.57 bits per heavy atom. The Labute approximate surface area is 127 Å². The molecule has 0 aliphatic carbocycles. The topological polar surface area (TPSA) is 75.2 Å². The number of hydrogen-bond donors (Lipinski definition) is 1. The minimum atomic E-state index is 0.196. The molecule has 0 amide bonds. The summed E-state index contributed by atoms with van der Waals surface area (Å²) in [5.74, 6) is 0.700. The number of ether oxygens (including phenoxy) is 1. The Balaban J connectivity index is 1.91. The molecule has 110 valence electrons. The maximum Gasteiger partial charge on any atom is 0.158 e. The van der Waals surface area contributed by atoms with Crippen molar-refractivity contribution in [2.75, 3.05) is 24.7 Å². The summed E-state index contributed by atoms with van der Waals surface area (Å²) in [6.07, 6.45) is 7.19. The Morgan fingerprint density at radius 3 is 3.19 bits per heavy atom. The monoisotopic (exact) mass is 303 g/mol. The lowest BCUT2D eigenvalue weighted by atomic mass is 10.1. The standard InChI is InChI=1S/C14H17N5OS/c1-21-14-11(8-15)13(19-12(18-14)5-6-17-19)16-9-10-4-2-3-7-20-10/h5-6,10,16H,2-4,7,9H2,1H3. The van der Waals surface area contributed by atoms with Crippen molar-refractivity contribution in [1.29, 1.82) is 5.26 Å². The van der Waals surface area contributed by atoms with E-state index in [1.807, 2.05) is 12.3 Å². The van der Waals surface area contributed by atoms with Crippen molar-refractivity contribution in [3.05, 3.63) is 17.8 Å². The van der Waals surface area contributed by atoms with Crippen molar-refractivity contribution < 1.29 is 4.74 Å². The summed E-state index contributed by atoms with van der Waals surface area (Å²) in [6, 6.07) is 4.07. The summed E-state index contributed by atoms with van der Waals surface area (Å²) in [5.41, 5.74) is 1.28. The van der Waals surface area contributed by atoms with E-state index in [1.165, 1.54) is 18.2 Å². The molecule has 1 unspecified atom stereocenters. The van der Waals surface area contributed by atoms with Gasteiger partial charge in [-0.3, -0.25) is 0 Å². The van der Waals surface area contributed by atoms with E-state index in [0.29, 0.717) is 17.9 Å². The molecule has 0 bridgehead atoms. The summed E-state index contributed by atoms with van der Waals surface area (Å²) in [7, 11) is 0. The van der Waals surface area contributed by atoms with Crippen molar-refractivity contribution in [3.63, 3.8) is 0 Å². The predicted molar refractivity (Wildman–Crippen MR) is 81.6 cm³/mol. The van der Waals surface area contributed by atoms with Crippen LogP contribution in [0, 0.1) is 11.3 Å². The van der Waals surface area contributed by atoms with Crippen LogP contribution in [0.15, 0.2) is 17.3 Å². The summed E-state index contributed by atoms with van der Waals surface area (Å²) in [4.78, 5) is 4.45. The van der Waals surface area contributed by atoms with E-state index in [-0.39, 0.29) is 6.10 Å². The number of nitrogens with one attached hydrogen (secondary N) is 1. The lowest BCUT2D eigenvalue weighted by Gasteiger charge is -2.23. The largest absolute Gasteiger partial charge is 0.376 e. The zero-order valence-electron chi connectivity index (χ0n) is 11.9. The molecule has 6 nitrogen and oxygen atoms in total. The number of nitriles is 1. The Kier molecular flexibility index (Phi) is 4.27. The van der Waals surface area contributed by atoms with Crippen molar-refractivity contribution >= 4 is 23.2 Å². The van der Waals surface area contributed by atoms with E-state index in [1.54, 1.807) is 10.7 Å². The van der Waals surface area contributed by atoms with Gasteiger partial charge in [-0.15, -0.1) is 11.8 Å². The molecule has 0 spiro atoms. The molecule has 3 heterocycles.